The van der Waals surface area contributed by atoms with Gasteiger partial charge in [-0.3, -0.25) is 0 Å². The predicted molar refractivity (Wildman–Crippen MR) is 229 cm³/mol. The topological polar surface area (TPSA) is 141 Å². The number of unbranched alkanes of at least 4 members (excludes halogenated alkanes) is 10. The smallest absolute Gasteiger partial charge is 0.119 e. The van der Waals surface area contributed by atoms with E-state index in [1.54, 1.807) is 0 Å². The number of rotatable bonds is 26. The normalized spacial score (nSPS) is 10.0. The van der Waals surface area contributed by atoms with Gasteiger partial charge in [0.25, 0.3) is 0 Å². The second kappa shape index (κ2) is 38.6. The van der Waals surface area contributed by atoms with Crippen molar-refractivity contribution in [3.63, 3.8) is 0 Å². The van der Waals surface area contributed by atoms with Crippen LogP contribution >= 0.6 is 0 Å². The Morgan fingerprint density at radius 3 is 0.685 bits per heavy atom. The van der Waals surface area contributed by atoms with Crippen LogP contribution in [0.15, 0.2) is 121 Å². The maximum Gasteiger partial charge on any atom is 0.119 e. The molecule has 8 nitrogen and oxygen atoms in total. The molecule has 54 heavy (non-hydrogen) atoms. The van der Waals surface area contributed by atoms with Crippen molar-refractivity contribution in [1.82, 2.24) is 0 Å². The van der Waals surface area contributed by atoms with Crippen LogP contribution in [0.3, 0.4) is 0 Å². The number of para-hydroxylation sites is 4. The highest BCUT2D eigenvalue weighted by atomic mass is 16.5. The summed E-state index contributed by atoms with van der Waals surface area (Å²) in [5.41, 5.74) is 21.6. The molecule has 0 aliphatic rings. The summed E-state index contributed by atoms with van der Waals surface area (Å²) in [6.07, 6.45) is 16.1. The van der Waals surface area contributed by atoms with Gasteiger partial charge >= 0.3 is 0 Å². The molecule has 0 spiro atoms. The third-order valence-corrected chi connectivity index (χ3v) is 7.94. The molecular weight excluding hydrogens is 673 g/mol. The molecule has 4 aromatic rings. The van der Waals surface area contributed by atoms with E-state index in [1.807, 2.05) is 121 Å². The Kier molecular flexibility index (Phi) is 34.3. The Morgan fingerprint density at radius 2 is 0.426 bits per heavy atom. The summed E-state index contributed by atoms with van der Waals surface area (Å²) < 4.78 is 22.1. The molecule has 0 unspecified atom stereocenters. The van der Waals surface area contributed by atoms with E-state index in [1.165, 1.54) is 32.1 Å². The van der Waals surface area contributed by atoms with E-state index in [0.717, 1.165) is 133 Å². The van der Waals surface area contributed by atoms with Gasteiger partial charge in [-0.1, -0.05) is 105 Å². The second-order valence-electron chi connectivity index (χ2n) is 12.8. The van der Waals surface area contributed by atoms with Crippen LogP contribution in [0, 0.1) is 0 Å². The molecule has 0 aromatic heterocycles. The maximum absolute atomic E-state index is 5.59. The van der Waals surface area contributed by atoms with Crippen molar-refractivity contribution in [3.8, 4) is 23.0 Å². The van der Waals surface area contributed by atoms with Crippen LogP contribution in [-0.2, 0) is 0 Å². The maximum atomic E-state index is 5.59. The summed E-state index contributed by atoms with van der Waals surface area (Å²) in [5, 5.41) is 0. The zero-order chi connectivity index (χ0) is 38.8. The Labute approximate surface area is 327 Å². The molecule has 0 saturated heterocycles. The molecule has 8 heteroatoms. The fraction of sp³-hybridized carbons (Fsp3) is 0.478. The van der Waals surface area contributed by atoms with E-state index < -0.39 is 0 Å². The van der Waals surface area contributed by atoms with Crippen molar-refractivity contribution in [1.29, 1.82) is 0 Å². The molecule has 0 heterocycles. The van der Waals surface area contributed by atoms with Gasteiger partial charge in [-0.15, -0.1) is 0 Å². The molecule has 4 aromatic carbocycles. The molecule has 0 fully saturated rings. The van der Waals surface area contributed by atoms with E-state index >= 15 is 0 Å². The van der Waals surface area contributed by atoms with Crippen LogP contribution in [0.2, 0.25) is 0 Å². The van der Waals surface area contributed by atoms with Crippen molar-refractivity contribution < 1.29 is 18.9 Å². The van der Waals surface area contributed by atoms with Gasteiger partial charge in [-0.25, -0.2) is 0 Å². The highest BCUT2D eigenvalue weighted by Crippen LogP contribution is 2.12. The van der Waals surface area contributed by atoms with Crippen molar-refractivity contribution in [3.05, 3.63) is 121 Å². The minimum Gasteiger partial charge on any atom is -0.494 e. The molecule has 0 saturated carbocycles. The summed E-state index contributed by atoms with van der Waals surface area (Å²) in [7, 11) is 0. The van der Waals surface area contributed by atoms with Gasteiger partial charge in [0.15, 0.2) is 0 Å². The van der Waals surface area contributed by atoms with E-state index in [9.17, 15) is 0 Å². The minimum atomic E-state index is 0.748. The lowest BCUT2D eigenvalue weighted by Gasteiger charge is -2.05. The fourth-order valence-electron chi connectivity index (χ4n) is 4.87. The van der Waals surface area contributed by atoms with Gasteiger partial charge in [-0.05, 0) is 132 Å². The first-order valence-corrected chi connectivity index (χ1v) is 20.2. The summed E-state index contributed by atoms with van der Waals surface area (Å²) in [6.45, 7) is 6.36. The van der Waals surface area contributed by atoms with Crippen LogP contribution in [0.25, 0.3) is 0 Å². The summed E-state index contributed by atoms with van der Waals surface area (Å²) in [5.74, 6) is 3.83. The van der Waals surface area contributed by atoms with Crippen LogP contribution in [-0.4, -0.2) is 52.6 Å². The molecule has 0 aliphatic carbocycles. The van der Waals surface area contributed by atoms with Crippen LogP contribution in [0.5, 0.6) is 23.0 Å². The van der Waals surface area contributed by atoms with Crippen molar-refractivity contribution in [2.75, 3.05) is 52.6 Å². The lowest BCUT2D eigenvalue weighted by molar-refractivity contribution is 0.304. The SMILES string of the molecule is NCCCCCCCOc1ccccc1.NCCCCCCOc1ccccc1.NCCCCCOc1ccccc1.NCCCCOc1ccccc1. The average molecular weight is 745 g/mol. The van der Waals surface area contributed by atoms with Crippen LogP contribution in [0.1, 0.15) is 89.9 Å². The van der Waals surface area contributed by atoms with E-state index in [4.69, 9.17) is 41.9 Å². The Bertz CT molecular complexity index is 1270. The second-order valence-corrected chi connectivity index (χ2v) is 12.8. The first-order chi connectivity index (χ1) is 26.7. The third kappa shape index (κ3) is 31.4. The Morgan fingerprint density at radius 1 is 0.241 bits per heavy atom. The lowest BCUT2D eigenvalue weighted by atomic mass is 10.1. The summed E-state index contributed by atoms with van der Waals surface area (Å²) in [6, 6.07) is 39.7. The molecule has 0 amide bonds. The molecule has 0 radical (unpaired) electrons. The van der Waals surface area contributed by atoms with E-state index in [0.29, 0.717) is 0 Å². The van der Waals surface area contributed by atoms with Crippen molar-refractivity contribution in [2.24, 2.45) is 22.9 Å². The van der Waals surface area contributed by atoms with Gasteiger partial charge in [0, 0.05) is 0 Å². The molecular formula is C46H72N4O4. The Hall–Kier alpha value is -4.08. The standard InChI is InChI=1S/C13H21NO.C12H19NO.C11H17NO.C10H15NO/c14-11-7-2-1-3-8-12-15-13-9-5-4-6-10-13;13-10-6-1-2-7-11-14-12-8-4-3-5-9-12;12-9-5-2-6-10-13-11-7-3-1-4-8-11;11-8-4-5-9-12-10-6-2-1-3-7-10/h4-6,9-10H,1-3,7-8,11-12,14H2;3-5,8-9H,1-2,6-7,10-11,13H2;1,3-4,7-8H,2,5-6,9-10,12H2;1-3,6-7H,4-5,8-9,11H2. The van der Waals surface area contributed by atoms with Crippen molar-refractivity contribution >= 4 is 0 Å². The minimum absolute atomic E-state index is 0.748. The molecule has 0 atom stereocenters. The Balaban J connectivity index is 0.000000361. The van der Waals surface area contributed by atoms with Gasteiger partial charge < -0.3 is 41.9 Å². The number of nitrogens with two attached hydrogens (primary N) is 4. The van der Waals surface area contributed by atoms with Gasteiger partial charge in [0.2, 0.25) is 0 Å². The molecule has 8 N–H and O–H groups in total. The summed E-state index contributed by atoms with van der Waals surface area (Å²) in [4.78, 5) is 0. The highest BCUT2D eigenvalue weighted by molar-refractivity contribution is 5.22. The monoisotopic (exact) mass is 745 g/mol. The quantitative estimate of drug-likeness (QED) is 0.0466. The first-order valence-electron chi connectivity index (χ1n) is 20.2. The summed E-state index contributed by atoms with van der Waals surface area (Å²) >= 11 is 0. The number of hydrogen-bond donors (Lipinski definition) is 4. The zero-order valence-electron chi connectivity index (χ0n) is 33.0. The lowest BCUT2D eigenvalue weighted by Crippen LogP contribution is -2.03. The number of hydrogen-bond acceptors (Lipinski definition) is 8. The van der Waals surface area contributed by atoms with Gasteiger partial charge in [0.1, 0.15) is 23.0 Å². The molecule has 0 aliphatic heterocycles. The molecule has 0 bridgehead atoms. The van der Waals surface area contributed by atoms with Crippen LogP contribution in [0.4, 0.5) is 0 Å². The van der Waals surface area contributed by atoms with E-state index in [-0.39, 0.29) is 0 Å². The largest absolute Gasteiger partial charge is 0.494 e. The zero-order valence-corrected chi connectivity index (χ0v) is 33.0. The highest BCUT2D eigenvalue weighted by Gasteiger charge is 1.95. The van der Waals surface area contributed by atoms with Gasteiger partial charge in [-0.2, -0.15) is 0 Å². The fourth-order valence-corrected chi connectivity index (χ4v) is 4.87. The van der Waals surface area contributed by atoms with E-state index in [2.05, 4.69) is 0 Å². The first kappa shape index (κ1) is 47.9. The average Bonchev–Trinajstić information content (AvgIpc) is 3.23. The molecule has 4 rings (SSSR count). The predicted octanol–water partition coefficient (Wildman–Crippen LogP) is 9.56. The number of benzene rings is 4. The third-order valence-electron chi connectivity index (χ3n) is 7.94. The van der Waals surface area contributed by atoms with Crippen molar-refractivity contribution in [2.45, 2.75) is 89.9 Å². The number of ether oxygens (including phenoxy) is 4. The molecule has 300 valence electrons. The van der Waals surface area contributed by atoms with Gasteiger partial charge in [0.05, 0.1) is 26.4 Å². The van der Waals surface area contributed by atoms with Crippen LogP contribution < -0.4 is 41.9 Å².